The maximum Gasteiger partial charge on any atom is 0.257 e. The summed E-state index contributed by atoms with van der Waals surface area (Å²) in [5, 5.41) is 0. The van der Waals surface area contributed by atoms with Gasteiger partial charge in [0.05, 0.1) is 12.7 Å². The molecule has 1 amide bonds. The van der Waals surface area contributed by atoms with Gasteiger partial charge in [0.15, 0.2) is 0 Å². The van der Waals surface area contributed by atoms with Crippen molar-refractivity contribution in [1.29, 1.82) is 0 Å². The van der Waals surface area contributed by atoms with E-state index >= 15 is 0 Å². The largest absolute Gasteiger partial charge is 0.496 e. The van der Waals surface area contributed by atoms with Gasteiger partial charge in [0, 0.05) is 17.6 Å². The van der Waals surface area contributed by atoms with Crippen molar-refractivity contribution in [2.24, 2.45) is 0 Å². The molecule has 0 aromatic heterocycles. The van der Waals surface area contributed by atoms with E-state index in [1.807, 2.05) is 32.9 Å². The van der Waals surface area contributed by atoms with Crippen molar-refractivity contribution >= 4 is 21.8 Å². The number of carbonyl (C=O) groups is 1. The van der Waals surface area contributed by atoms with Crippen molar-refractivity contribution < 1.29 is 9.53 Å². The van der Waals surface area contributed by atoms with Gasteiger partial charge in [-0.15, -0.1) is 0 Å². The Kier molecular flexibility index (Phi) is 5.00. The van der Waals surface area contributed by atoms with Crippen LogP contribution < -0.4 is 4.74 Å². The van der Waals surface area contributed by atoms with E-state index in [4.69, 9.17) is 4.74 Å². The first-order valence-corrected chi connectivity index (χ1v) is 6.47. The second-order valence-corrected chi connectivity index (χ2v) is 4.70. The SMILES string of the molecule is CCN(CC)C(=O)c1cc(Br)cc(C)c1OC. The highest BCUT2D eigenvalue weighted by Gasteiger charge is 2.19. The van der Waals surface area contributed by atoms with E-state index < -0.39 is 0 Å². The van der Waals surface area contributed by atoms with E-state index in [-0.39, 0.29) is 5.91 Å². The van der Waals surface area contributed by atoms with Crippen LogP contribution >= 0.6 is 15.9 Å². The van der Waals surface area contributed by atoms with Crippen molar-refractivity contribution in [3.05, 3.63) is 27.7 Å². The lowest BCUT2D eigenvalue weighted by molar-refractivity contribution is 0.0769. The molecule has 3 nitrogen and oxygen atoms in total. The number of nitrogens with zero attached hydrogens (tertiary/aromatic N) is 1. The van der Waals surface area contributed by atoms with Gasteiger partial charge in [-0.25, -0.2) is 0 Å². The molecule has 1 rings (SSSR count). The Morgan fingerprint density at radius 2 is 1.94 bits per heavy atom. The number of rotatable bonds is 4. The van der Waals surface area contributed by atoms with Crippen molar-refractivity contribution in [3.63, 3.8) is 0 Å². The molecule has 0 spiro atoms. The molecule has 4 heteroatoms. The highest BCUT2D eigenvalue weighted by Crippen LogP contribution is 2.28. The number of halogens is 1. The molecular formula is C13H18BrNO2. The third kappa shape index (κ3) is 3.00. The number of carbonyl (C=O) groups excluding carboxylic acids is 1. The van der Waals surface area contributed by atoms with Crippen LogP contribution in [0.1, 0.15) is 29.8 Å². The van der Waals surface area contributed by atoms with Gasteiger partial charge in [-0.05, 0) is 38.5 Å². The quantitative estimate of drug-likeness (QED) is 0.854. The topological polar surface area (TPSA) is 29.5 Å². The molecule has 0 atom stereocenters. The molecule has 0 aliphatic carbocycles. The normalized spacial score (nSPS) is 10.2. The Morgan fingerprint density at radius 1 is 1.35 bits per heavy atom. The number of ether oxygens (including phenoxy) is 1. The monoisotopic (exact) mass is 299 g/mol. The molecular weight excluding hydrogens is 282 g/mol. The van der Waals surface area contributed by atoms with Crippen molar-refractivity contribution in [2.75, 3.05) is 20.2 Å². The van der Waals surface area contributed by atoms with E-state index in [2.05, 4.69) is 15.9 Å². The van der Waals surface area contributed by atoms with Crippen LogP contribution in [0.4, 0.5) is 0 Å². The molecule has 0 N–H and O–H groups in total. The van der Waals surface area contributed by atoms with Crippen LogP contribution in [-0.4, -0.2) is 31.0 Å². The fourth-order valence-electron chi connectivity index (χ4n) is 1.84. The van der Waals surface area contributed by atoms with Crippen molar-refractivity contribution in [3.8, 4) is 5.75 Å². The molecule has 1 aromatic carbocycles. The molecule has 94 valence electrons. The third-order valence-corrected chi connectivity index (χ3v) is 3.18. The summed E-state index contributed by atoms with van der Waals surface area (Å²) < 4.78 is 6.22. The summed E-state index contributed by atoms with van der Waals surface area (Å²) in [6.07, 6.45) is 0. The van der Waals surface area contributed by atoms with Crippen LogP contribution in [0.2, 0.25) is 0 Å². The third-order valence-electron chi connectivity index (χ3n) is 2.72. The van der Waals surface area contributed by atoms with Gasteiger partial charge in [0.2, 0.25) is 0 Å². The summed E-state index contributed by atoms with van der Waals surface area (Å²) in [5.74, 6) is 0.668. The molecule has 1 aromatic rings. The van der Waals surface area contributed by atoms with E-state index in [1.54, 1.807) is 12.0 Å². The van der Waals surface area contributed by atoms with Crippen LogP contribution in [0.3, 0.4) is 0 Å². The van der Waals surface area contributed by atoms with Crippen LogP contribution in [-0.2, 0) is 0 Å². The van der Waals surface area contributed by atoms with Crippen LogP contribution in [0, 0.1) is 6.92 Å². The summed E-state index contributed by atoms with van der Waals surface area (Å²) in [4.78, 5) is 14.1. The molecule has 17 heavy (non-hydrogen) atoms. The Balaban J connectivity index is 3.24. The number of aryl methyl sites for hydroxylation is 1. The lowest BCUT2D eigenvalue weighted by Gasteiger charge is -2.21. The number of methoxy groups -OCH3 is 1. The maximum absolute atomic E-state index is 12.3. The molecule has 0 heterocycles. The van der Waals surface area contributed by atoms with E-state index in [1.165, 1.54) is 0 Å². The minimum atomic E-state index is 0.0104. The fourth-order valence-corrected chi connectivity index (χ4v) is 2.41. The molecule has 0 unspecified atom stereocenters. The summed E-state index contributed by atoms with van der Waals surface area (Å²) in [6, 6.07) is 3.75. The standard InChI is InChI=1S/C13H18BrNO2/c1-5-15(6-2)13(16)11-8-10(14)7-9(3)12(11)17-4/h7-8H,5-6H2,1-4H3. The van der Waals surface area contributed by atoms with Gasteiger partial charge in [0.1, 0.15) is 5.75 Å². The maximum atomic E-state index is 12.3. The fraction of sp³-hybridized carbons (Fsp3) is 0.462. The molecule has 0 bridgehead atoms. The number of benzene rings is 1. The lowest BCUT2D eigenvalue weighted by atomic mass is 10.1. The van der Waals surface area contributed by atoms with E-state index in [0.29, 0.717) is 24.4 Å². The predicted octanol–water partition coefficient (Wildman–Crippen LogP) is 3.25. The number of hydrogen-bond donors (Lipinski definition) is 0. The van der Waals surface area contributed by atoms with Crippen LogP contribution in [0.25, 0.3) is 0 Å². The highest BCUT2D eigenvalue weighted by atomic mass is 79.9. The van der Waals surface area contributed by atoms with Gasteiger partial charge >= 0.3 is 0 Å². The first kappa shape index (κ1) is 14.0. The van der Waals surface area contributed by atoms with E-state index in [9.17, 15) is 4.79 Å². The zero-order valence-corrected chi connectivity index (χ0v) is 12.3. The van der Waals surface area contributed by atoms with Gasteiger partial charge in [-0.2, -0.15) is 0 Å². The van der Waals surface area contributed by atoms with Crippen LogP contribution in [0.5, 0.6) is 5.75 Å². The van der Waals surface area contributed by atoms with Gasteiger partial charge in [0.25, 0.3) is 5.91 Å². The Bertz CT molecular complexity index is 414. The lowest BCUT2D eigenvalue weighted by Crippen LogP contribution is -2.30. The molecule has 0 radical (unpaired) electrons. The minimum Gasteiger partial charge on any atom is -0.496 e. The number of amides is 1. The average molecular weight is 300 g/mol. The summed E-state index contributed by atoms with van der Waals surface area (Å²) in [7, 11) is 1.59. The zero-order chi connectivity index (χ0) is 13.0. The smallest absolute Gasteiger partial charge is 0.257 e. The Morgan fingerprint density at radius 3 is 2.41 bits per heavy atom. The van der Waals surface area contributed by atoms with Crippen molar-refractivity contribution in [1.82, 2.24) is 4.90 Å². The molecule has 0 saturated heterocycles. The average Bonchev–Trinajstić information content (AvgIpc) is 2.29. The summed E-state index contributed by atoms with van der Waals surface area (Å²) in [5.41, 5.74) is 1.57. The van der Waals surface area contributed by atoms with Gasteiger partial charge in [-0.1, -0.05) is 15.9 Å². The minimum absolute atomic E-state index is 0.0104. The van der Waals surface area contributed by atoms with Gasteiger partial charge in [-0.3, -0.25) is 4.79 Å². The predicted molar refractivity (Wildman–Crippen MR) is 72.7 cm³/mol. The first-order valence-electron chi connectivity index (χ1n) is 5.68. The highest BCUT2D eigenvalue weighted by molar-refractivity contribution is 9.10. The molecule has 0 aliphatic rings. The zero-order valence-electron chi connectivity index (χ0n) is 10.7. The van der Waals surface area contributed by atoms with Gasteiger partial charge < -0.3 is 9.64 Å². The first-order chi connectivity index (χ1) is 8.04. The van der Waals surface area contributed by atoms with E-state index in [0.717, 1.165) is 10.0 Å². The molecule has 0 aliphatic heterocycles. The number of hydrogen-bond acceptors (Lipinski definition) is 2. The summed E-state index contributed by atoms with van der Waals surface area (Å²) in [6.45, 7) is 7.27. The van der Waals surface area contributed by atoms with Crippen molar-refractivity contribution in [2.45, 2.75) is 20.8 Å². The second kappa shape index (κ2) is 6.05. The molecule has 0 fully saturated rings. The Hall–Kier alpha value is -1.03. The Labute approximate surface area is 111 Å². The summed E-state index contributed by atoms with van der Waals surface area (Å²) >= 11 is 3.41. The molecule has 0 saturated carbocycles. The van der Waals surface area contributed by atoms with Crippen LogP contribution in [0.15, 0.2) is 16.6 Å². The second-order valence-electron chi connectivity index (χ2n) is 3.78.